The van der Waals surface area contributed by atoms with E-state index in [0.717, 1.165) is 32.5 Å². The second kappa shape index (κ2) is 8.04. The topological polar surface area (TPSA) is 23.5 Å². The maximum Gasteiger partial charge on any atom is 0.115 e. The molecule has 1 aliphatic rings. The van der Waals surface area contributed by atoms with Crippen LogP contribution in [-0.2, 0) is 11.8 Å². The summed E-state index contributed by atoms with van der Waals surface area (Å²) in [5.74, 6) is 0.347. The third kappa shape index (κ3) is 3.82. The van der Waals surface area contributed by atoms with Crippen LogP contribution in [0.5, 0.6) is 5.75 Å². The molecule has 0 aromatic heterocycles. The molecule has 0 aliphatic carbocycles. The van der Waals surface area contributed by atoms with Gasteiger partial charge in [-0.05, 0) is 53.6 Å². The van der Waals surface area contributed by atoms with Gasteiger partial charge in [0.1, 0.15) is 5.75 Å². The van der Waals surface area contributed by atoms with Crippen molar-refractivity contribution in [1.82, 2.24) is 4.90 Å². The highest BCUT2D eigenvalue weighted by Gasteiger charge is 2.50. The van der Waals surface area contributed by atoms with E-state index in [4.69, 9.17) is 0 Å². The second-order valence-electron chi connectivity index (χ2n) is 8.97. The summed E-state index contributed by atoms with van der Waals surface area (Å²) in [6, 6.07) is 29.5. The van der Waals surface area contributed by atoms with Crippen molar-refractivity contribution in [1.29, 1.82) is 0 Å². The van der Waals surface area contributed by atoms with Gasteiger partial charge in [0, 0.05) is 18.5 Å². The molecule has 3 aromatic rings. The normalized spacial score (nSPS) is 21.7. The number of hydrogen-bond acceptors (Lipinski definition) is 2. The highest BCUT2D eigenvalue weighted by molar-refractivity contribution is 5.45. The van der Waals surface area contributed by atoms with Crippen LogP contribution in [-0.4, -0.2) is 29.6 Å². The Balaban J connectivity index is 1.65. The van der Waals surface area contributed by atoms with Gasteiger partial charge < -0.3 is 10.0 Å². The fraction of sp³-hybridized carbons (Fsp3) is 0.333. The largest absolute Gasteiger partial charge is 0.508 e. The van der Waals surface area contributed by atoms with Crippen LogP contribution < -0.4 is 0 Å². The minimum absolute atomic E-state index is 0.0249. The van der Waals surface area contributed by atoms with Crippen LogP contribution >= 0.6 is 0 Å². The van der Waals surface area contributed by atoms with Crippen LogP contribution in [0.15, 0.2) is 84.9 Å². The van der Waals surface area contributed by atoms with Crippen molar-refractivity contribution in [3.8, 4) is 5.75 Å². The molecule has 1 aliphatic heterocycles. The first-order valence-electron chi connectivity index (χ1n) is 10.6. The number of aromatic hydroxyl groups is 1. The Morgan fingerprint density at radius 3 is 2.14 bits per heavy atom. The van der Waals surface area contributed by atoms with Gasteiger partial charge in [-0.25, -0.2) is 0 Å². The summed E-state index contributed by atoms with van der Waals surface area (Å²) in [6.07, 6.45) is 2.13. The van der Waals surface area contributed by atoms with E-state index in [-0.39, 0.29) is 10.8 Å². The minimum atomic E-state index is -0.115. The molecule has 0 bridgehead atoms. The lowest BCUT2D eigenvalue weighted by molar-refractivity contribution is 0.0493. The molecule has 1 unspecified atom stereocenters. The SMILES string of the molecule is CC1(C)CN(CCc2ccccc2)CCC1(c1ccccc1)c1cccc(O)c1. The molecule has 2 nitrogen and oxygen atoms in total. The maximum absolute atomic E-state index is 10.2. The third-order valence-electron chi connectivity index (χ3n) is 6.74. The van der Waals surface area contributed by atoms with Crippen molar-refractivity contribution in [2.45, 2.75) is 32.1 Å². The van der Waals surface area contributed by atoms with Gasteiger partial charge in [-0.3, -0.25) is 0 Å². The van der Waals surface area contributed by atoms with E-state index in [0.29, 0.717) is 5.75 Å². The van der Waals surface area contributed by atoms with E-state index < -0.39 is 0 Å². The summed E-state index contributed by atoms with van der Waals surface area (Å²) in [5.41, 5.74) is 3.88. The molecule has 29 heavy (non-hydrogen) atoms. The Morgan fingerprint density at radius 1 is 0.828 bits per heavy atom. The number of benzene rings is 3. The predicted octanol–water partition coefficient (Wildman–Crippen LogP) is 5.65. The van der Waals surface area contributed by atoms with E-state index in [1.54, 1.807) is 6.07 Å². The number of nitrogens with zero attached hydrogens (tertiary/aromatic N) is 1. The zero-order chi connectivity index (χ0) is 20.3. The van der Waals surface area contributed by atoms with E-state index in [2.05, 4.69) is 85.5 Å². The summed E-state index contributed by atoms with van der Waals surface area (Å²) in [5, 5.41) is 10.2. The Morgan fingerprint density at radius 2 is 1.48 bits per heavy atom. The lowest BCUT2D eigenvalue weighted by Crippen LogP contribution is -2.56. The van der Waals surface area contributed by atoms with Crippen LogP contribution in [0.2, 0.25) is 0 Å². The van der Waals surface area contributed by atoms with Crippen molar-refractivity contribution in [2.75, 3.05) is 19.6 Å². The molecule has 1 fully saturated rings. The average molecular weight is 386 g/mol. The number of phenolic OH excluding ortho intramolecular Hbond substituents is 1. The Bertz CT molecular complexity index is 935. The fourth-order valence-electron chi connectivity index (χ4n) is 5.29. The first-order chi connectivity index (χ1) is 14.0. The first-order valence-corrected chi connectivity index (χ1v) is 10.6. The molecule has 1 atom stereocenters. The van der Waals surface area contributed by atoms with Crippen LogP contribution in [0.4, 0.5) is 0 Å². The fourth-order valence-corrected chi connectivity index (χ4v) is 5.29. The number of rotatable bonds is 5. The van der Waals surface area contributed by atoms with Gasteiger partial charge >= 0.3 is 0 Å². The monoisotopic (exact) mass is 385 g/mol. The molecule has 1 N–H and O–H groups in total. The van der Waals surface area contributed by atoms with E-state index in [1.807, 2.05) is 12.1 Å². The van der Waals surface area contributed by atoms with E-state index >= 15 is 0 Å². The van der Waals surface area contributed by atoms with Crippen LogP contribution in [0.3, 0.4) is 0 Å². The van der Waals surface area contributed by atoms with Crippen molar-refractivity contribution < 1.29 is 5.11 Å². The van der Waals surface area contributed by atoms with Gasteiger partial charge in [0.2, 0.25) is 0 Å². The smallest absolute Gasteiger partial charge is 0.115 e. The van der Waals surface area contributed by atoms with Crippen LogP contribution in [0.1, 0.15) is 37.0 Å². The molecule has 3 aromatic carbocycles. The number of phenols is 1. The van der Waals surface area contributed by atoms with Gasteiger partial charge in [0.05, 0.1) is 0 Å². The van der Waals surface area contributed by atoms with Gasteiger partial charge in [0.15, 0.2) is 0 Å². The predicted molar refractivity (Wildman–Crippen MR) is 120 cm³/mol. The van der Waals surface area contributed by atoms with Crippen LogP contribution in [0, 0.1) is 5.41 Å². The molecule has 0 amide bonds. The summed E-state index contributed by atoms with van der Waals surface area (Å²) >= 11 is 0. The number of hydrogen-bond donors (Lipinski definition) is 1. The first kappa shape index (κ1) is 19.7. The highest BCUT2D eigenvalue weighted by Crippen LogP contribution is 2.52. The zero-order valence-electron chi connectivity index (χ0n) is 17.5. The molecular formula is C27H31NO. The Kier molecular flexibility index (Phi) is 5.47. The van der Waals surface area contributed by atoms with Gasteiger partial charge in [-0.15, -0.1) is 0 Å². The molecule has 0 spiro atoms. The zero-order valence-corrected chi connectivity index (χ0v) is 17.5. The molecule has 1 heterocycles. The summed E-state index contributed by atoms with van der Waals surface area (Å²) in [7, 11) is 0. The molecule has 0 radical (unpaired) electrons. The van der Waals surface area contributed by atoms with Crippen molar-refractivity contribution in [2.24, 2.45) is 5.41 Å². The van der Waals surface area contributed by atoms with Crippen molar-refractivity contribution >= 4 is 0 Å². The lowest BCUT2D eigenvalue weighted by atomic mass is 9.55. The van der Waals surface area contributed by atoms with Gasteiger partial charge in [0.25, 0.3) is 0 Å². The second-order valence-corrected chi connectivity index (χ2v) is 8.97. The Hall–Kier alpha value is -2.58. The van der Waals surface area contributed by atoms with Crippen molar-refractivity contribution in [3.63, 3.8) is 0 Å². The van der Waals surface area contributed by atoms with Gasteiger partial charge in [-0.2, -0.15) is 0 Å². The molecule has 2 heteroatoms. The Labute approximate surface area is 174 Å². The molecule has 4 rings (SSSR count). The lowest BCUT2D eigenvalue weighted by Gasteiger charge is -2.54. The standard InChI is InChI=1S/C27H31NO/c1-26(2)21-28(18-16-22-10-5-3-6-11-22)19-17-27(26,23-12-7-4-8-13-23)24-14-9-15-25(29)20-24/h3-15,20,29H,16-19,21H2,1-2H3. The molecule has 0 saturated carbocycles. The average Bonchev–Trinajstić information content (AvgIpc) is 2.73. The van der Waals surface area contributed by atoms with Crippen LogP contribution in [0.25, 0.3) is 0 Å². The van der Waals surface area contributed by atoms with E-state index in [9.17, 15) is 5.11 Å². The minimum Gasteiger partial charge on any atom is -0.508 e. The molecule has 150 valence electrons. The highest BCUT2D eigenvalue weighted by atomic mass is 16.3. The van der Waals surface area contributed by atoms with Gasteiger partial charge in [-0.1, -0.05) is 86.6 Å². The summed E-state index contributed by atoms with van der Waals surface area (Å²) in [4.78, 5) is 2.61. The van der Waals surface area contributed by atoms with E-state index in [1.165, 1.54) is 16.7 Å². The maximum atomic E-state index is 10.2. The number of likely N-dealkylation sites (tertiary alicyclic amines) is 1. The van der Waals surface area contributed by atoms with Crippen molar-refractivity contribution in [3.05, 3.63) is 102 Å². The molecule has 1 saturated heterocycles. The number of piperidine rings is 1. The third-order valence-corrected chi connectivity index (χ3v) is 6.74. The summed E-state index contributed by atoms with van der Waals surface area (Å²) < 4.78 is 0. The molecular weight excluding hydrogens is 354 g/mol. The quantitative estimate of drug-likeness (QED) is 0.613. The summed E-state index contributed by atoms with van der Waals surface area (Å²) in [6.45, 7) is 7.95.